The molecule has 0 amide bonds. The highest BCUT2D eigenvalue weighted by Crippen LogP contribution is 2.37. The molecule has 0 aliphatic rings. The van der Waals surface area contributed by atoms with Gasteiger partial charge >= 0.3 is 0 Å². The van der Waals surface area contributed by atoms with Crippen LogP contribution in [0.5, 0.6) is 40.8 Å². The molecule has 0 fully saturated rings. The van der Waals surface area contributed by atoms with Crippen molar-refractivity contribution in [3.8, 4) is 40.8 Å². The molecular weight excluding hydrogens is 1870 g/mol. The normalized spacial score (nSPS) is 11.5. The van der Waals surface area contributed by atoms with Crippen molar-refractivity contribution in [2.75, 3.05) is 49.8 Å². The predicted octanol–water partition coefficient (Wildman–Crippen LogP) is 32.8. The van der Waals surface area contributed by atoms with Gasteiger partial charge in [0, 0.05) is 161 Å². The van der Waals surface area contributed by atoms with E-state index in [0.717, 1.165) is 91.6 Å². The number of hydrogen-bond acceptors (Lipinski definition) is 19. The maximum absolute atomic E-state index is 12.6. The summed E-state index contributed by atoms with van der Waals surface area (Å²) in [7, 11) is 11.3. The van der Waals surface area contributed by atoms with Gasteiger partial charge in [-0.3, -0.25) is 34.9 Å². The Balaban J connectivity index is 0.000000791. The van der Waals surface area contributed by atoms with Crippen molar-refractivity contribution >= 4 is 34.8 Å². The summed E-state index contributed by atoms with van der Waals surface area (Å²) >= 11 is 18.0. The summed E-state index contributed by atoms with van der Waals surface area (Å²) in [5.41, 5.74) is 20.2. The lowest BCUT2D eigenvalue weighted by atomic mass is 9.85. The Labute approximate surface area is 890 Å². The second-order valence-electron chi connectivity index (χ2n) is 47.3. The smallest absolute Gasteiger partial charge is 0.256 e. The predicted molar refractivity (Wildman–Crippen MR) is 609 cm³/mol. The monoisotopic (exact) mass is 2050 g/mol. The molecule has 0 atom stereocenters. The van der Waals surface area contributed by atoms with E-state index in [1.807, 2.05) is 138 Å². The zero-order chi connectivity index (χ0) is 112. The molecule has 798 valence electrons. The van der Waals surface area contributed by atoms with Gasteiger partial charge in [0.15, 0.2) is 5.75 Å². The highest BCUT2D eigenvalue weighted by Gasteiger charge is 2.26. The van der Waals surface area contributed by atoms with Crippen molar-refractivity contribution in [3.05, 3.63) is 312 Å². The Morgan fingerprint density at radius 3 is 1.10 bits per heavy atom. The Hall–Kier alpha value is -10.8. The highest BCUT2D eigenvalue weighted by molar-refractivity contribution is 6.33. The molecule has 12 heterocycles. The minimum Gasteiger partial charge on any atom is -0.497 e. The molecule has 145 heavy (non-hydrogen) atoms. The number of ether oxygens (including phenoxy) is 7. The molecule has 0 radical (unpaired) electrons. The SMILES string of the molecule is CC(C)(C)c1ccnc(F)c1.CCc1ccc(C(C)(C)C)nc1.CCc1cccc(C(C)(C)C)n1.COc1ccc(C(C)(C)C)nc1.COc1ccc(C(C)(C)C)nc1OC.COc1cccc(C(C)(C)C)n1.COc1ccnc(C(C)(C)C)c1.COc1nc(C(C)(C)C)ccc1Cl.COc1nccc(C(C)(C)C)c1Cl.Cc1ccc(C(C)(C)C)nc1.Cc1cccc(C(C)(C)C)n1.Cc1cncc(Cl)c1C(C)(C)C. The van der Waals surface area contributed by atoms with E-state index in [1.165, 1.54) is 46.0 Å². The van der Waals surface area contributed by atoms with Crippen LogP contribution >= 0.6 is 34.8 Å². The van der Waals surface area contributed by atoms with E-state index in [1.54, 1.807) is 74.6 Å². The number of aromatic nitrogens is 12. The minimum absolute atomic E-state index is 0.00375. The summed E-state index contributed by atoms with van der Waals surface area (Å²) in [6.07, 6.45) is 16.3. The van der Waals surface area contributed by atoms with Crippen LogP contribution in [0.1, 0.15) is 359 Å². The van der Waals surface area contributed by atoms with Gasteiger partial charge in [0.05, 0.1) is 66.7 Å². The lowest BCUT2D eigenvalue weighted by Gasteiger charge is -2.22. The second-order valence-corrected chi connectivity index (χ2v) is 48.5. The molecule has 19 nitrogen and oxygen atoms in total. The summed E-state index contributed by atoms with van der Waals surface area (Å²) < 4.78 is 48.1. The van der Waals surface area contributed by atoms with Gasteiger partial charge < -0.3 is 33.2 Å². The van der Waals surface area contributed by atoms with E-state index in [0.29, 0.717) is 39.3 Å². The quantitative estimate of drug-likeness (QED) is 0.123. The standard InChI is InChI=1S/C11H17NO2.2C11H17N.2C10H14ClNO.C10H14ClN.3C10H15NO.2C10H15N.C9H12FN/c1-11(2,3)9-7-6-8(13-4)10(12-9)14-5;1-5-9-6-7-10(12-8-9)11(2,3)4;1-5-9-7-6-8-10(12-9)11(2,3)4;1-10(2,3)7-5-6-12-9(13-4)8(7)11;1-10(2,3)8-6-5-7(11)9(12-8)13-4;1-7-5-12-6-8(11)9(7)10(2,3)4;1-10(2,3)9-7-8(12-4)5-6-11-9;1-10(2,3)9-6-5-8(12-4)7-11-9;1-10(2,3)8-6-5-7-9(11-8)12-4;1-8-5-6-9(11-7-8)10(2,3)4;1-8-6-5-7-9(11-8)10(2,3)4;1-9(2,3)7-4-5-11-8(10)6-7/h6-7H,1-5H3;2*6-8H,5H2,1-4H3;2*5-6H,1-4H3;5-6H,1-4H3;3*5-7H,1-4H3;2*5-7H,1-4H3;4-6H,1-3H3. The van der Waals surface area contributed by atoms with Crippen LogP contribution in [0.15, 0.2) is 195 Å². The van der Waals surface area contributed by atoms with Crippen molar-refractivity contribution in [1.29, 1.82) is 0 Å². The van der Waals surface area contributed by atoms with Crippen molar-refractivity contribution < 1.29 is 37.5 Å². The molecule has 0 aromatic carbocycles. The fourth-order valence-corrected chi connectivity index (χ4v) is 13.7. The number of hydrogen-bond donors (Lipinski definition) is 0. The number of rotatable bonds is 9. The van der Waals surface area contributed by atoms with Crippen LogP contribution < -0.4 is 33.2 Å². The molecule has 12 rings (SSSR count). The van der Waals surface area contributed by atoms with Crippen LogP contribution in [0, 0.1) is 26.7 Å². The molecule has 23 heteroatoms. The average molecular weight is 2050 g/mol. The third-order valence-electron chi connectivity index (χ3n) is 21.5. The molecule has 0 aliphatic carbocycles. The van der Waals surface area contributed by atoms with Gasteiger partial charge in [0.25, 0.3) is 5.88 Å². The lowest BCUT2D eigenvalue weighted by molar-refractivity contribution is 0.339. The first-order valence-electron chi connectivity index (χ1n) is 49.6. The van der Waals surface area contributed by atoms with Gasteiger partial charge in [0.2, 0.25) is 23.6 Å². The maximum Gasteiger partial charge on any atom is 0.256 e. The van der Waals surface area contributed by atoms with Gasteiger partial charge in [-0.2, -0.15) is 4.39 Å². The van der Waals surface area contributed by atoms with Gasteiger partial charge in [-0.25, -0.2) is 24.9 Å². The summed E-state index contributed by atoms with van der Waals surface area (Å²) in [6, 6.07) is 47.3. The first-order chi connectivity index (χ1) is 66.5. The number of aryl methyl sites for hydroxylation is 5. The molecular formula is C122H180Cl3FN12O7. The highest BCUT2D eigenvalue weighted by atomic mass is 35.5. The zero-order valence-electron chi connectivity index (χ0n) is 97.6. The fourth-order valence-electron chi connectivity index (χ4n) is 12.5. The van der Waals surface area contributed by atoms with Crippen molar-refractivity contribution in [1.82, 2.24) is 59.8 Å². The Bertz CT molecular complexity index is 5480. The van der Waals surface area contributed by atoms with E-state index >= 15 is 0 Å². The number of methoxy groups -OCH3 is 7. The zero-order valence-corrected chi connectivity index (χ0v) is 99.9. The Morgan fingerprint density at radius 2 is 0.724 bits per heavy atom. The number of nitrogens with zero attached hydrogens (tertiary/aromatic N) is 12. The largest absolute Gasteiger partial charge is 0.497 e. The summed E-state index contributed by atoms with van der Waals surface area (Å²) in [4.78, 5) is 50.9. The van der Waals surface area contributed by atoms with Gasteiger partial charge in [-0.15, -0.1) is 0 Å². The van der Waals surface area contributed by atoms with Crippen LogP contribution in [0.3, 0.4) is 0 Å². The Kier molecular flexibility index (Phi) is 54.0. The van der Waals surface area contributed by atoms with Crippen molar-refractivity contribution in [3.63, 3.8) is 0 Å². The molecule has 0 spiro atoms. The Morgan fingerprint density at radius 1 is 0.290 bits per heavy atom. The van der Waals surface area contributed by atoms with E-state index in [-0.39, 0.29) is 65.0 Å². The molecule has 0 N–H and O–H groups in total. The molecule has 0 saturated heterocycles. The summed E-state index contributed by atoms with van der Waals surface area (Å²) in [5.74, 6) is 4.15. The molecule has 0 unspecified atom stereocenters. The van der Waals surface area contributed by atoms with E-state index in [2.05, 4.69) is 364 Å². The van der Waals surface area contributed by atoms with Crippen molar-refractivity contribution in [2.24, 2.45) is 0 Å². The van der Waals surface area contributed by atoms with Crippen LogP contribution in [-0.4, -0.2) is 110 Å². The third-order valence-corrected chi connectivity index (χ3v) is 22.5. The third kappa shape index (κ3) is 50.4. The number of pyridine rings is 12. The summed E-state index contributed by atoms with van der Waals surface area (Å²) in [6.45, 7) is 87.3. The van der Waals surface area contributed by atoms with E-state index in [9.17, 15) is 4.39 Å². The molecule has 0 bridgehead atoms. The minimum atomic E-state index is -0.405. The topological polar surface area (TPSA) is 219 Å². The van der Waals surface area contributed by atoms with E-state index < -0.39 is 5.95 Å². The van der Waals surface area contributed by atoms with Gasteiger partial charge in [0.1, 0.15) is 21.5 Å². The second kappa shape index (κ2) is 59.3. The van der Waals surface area contributed by atoms with E-state index in [4.69, 9.17) is 68.0 Å². The fraction of sp³-hybridized carbons (Fsp3) is 0.508. The summed E-state index contributed by atoms with van der Waals surface area (Å²) in [5, 5.41) is 1.93. The van der Waals surface area contributed by atoms with Crippen LogP contribution in [0.25, 0.3) is 0 Å². The maximum atomic E-state index is 12.6. The number of halogens is 4. The molecule has 12 aromatic rings. The van der Waals surface area contributed by atoms with Crippen molar-refractivity contribution in [2.45, 2.75) is 362 Å². The average Bonchev–Trinajstić information content (AvgIpc) is 0.805. The first kappa shape index (κ1) is 132. The van der Waals surface area contributed by atoms with Crippen LogP contribution in [0.2, 0.25) is 15.1 Å². The van der Waals surface area contributed by atoms with Gasteiger partial charge in [-0.1, -0.05) is 328 Å². The molecule has 12 aromatic heterocycles. The van der Waals surface area contributed by atoms with Crippen LogP contribution in [0.4, 0.5) is 4.39 Å². The van der Waals surface area contributed by atoms with Crippen LogP contribution in [-0.2, 0) is 77.8 Å². The first-order valence-corrected chi connectivity index (χ1v) is 50.7. The molecule has 0 aliphatic heterocycles. The lowest BCUT2D eigenvalue weighted by Crippen LogP contribution is -2.14. The van der Waals surface area contributed by atoms with Gasteiger partial charge in [-0.05, 0) is 186 Å². The molecule has 0 saturated carbocycles.